The van der Waals surface area contributed by atoms with Crippen LogP contribution in [0.2, 0.25) is 4.34 Å². The molecular weight excluding hydrogens is 259 g/mol. The molecule has 0 saturated heterocycles. The van der Waals surface area contributed by atoms with Gasteiger partial charge < -0.3 is 0 Å². The van der Waals surface area contributed by atoms with Gasteiger partial charge in [0.25, 0.3) is 0 Å². The SMILES string of the molecule is CC(CC(Cl)c1ccc(Cl)s1)CC(C)(C)C. The van der Waals surface area contributed by atoms with E-state index in [1.54, 1.807) is 11.3 Å². The first kappa shape index (κ1) is 14.3. The van der Waals surface area contributed by atoms with Crippen LogP contribution in [0.1, 0.15) is 50.8 Å². The van der Waals surface area contributed by atoms with Crippen LogP contribution in [-0.2, 0) is 0 Å². The predicted molar refractivity (Wildman–Crippen MR) is 75.8 cm³/mol. The van der Waals surface area contributed by atoms with E-state index in [0.29, 0.717) is 11.3 Å². The summed E-state index contributed by atoms with van der Waals surface area (Å²) in [5, 5.41) is 0.106. The number of alkyl halides is 1. The minimum Gasteiger partial charge on any atom is -0.127 e. The zero-order valence-electron chi connectivity index (χ0n) is 10.4. The summed E-state index contributed by atoms with van der Waals surface area (Å²) in [6, 6.07) is 3.96. The fraction of sp³-hybridized carbons (Fsp3) is 0.692. The van der Waals surface area contributed by atoms with Crippen molar-refractivity contribution in [1.29, 1.82) is 0 Å². The summed E-state index contributed by atoms with van der Waals surface area (Å²) in [5.41, 5.74) is 0.378. The molecule has 1 rings (SSSR count). The van der Waals surface area contributed by atoms with Crippen LogP contribution in [0, 0.1) is 11.3 Å². The Morgan fingerprint density at radius 3 is 2.38 bits per heavy atom. The molecule has 0 aromatic carbocycles. The molecule has 0 aliphatic carbocycles. The highest BCUT2D eigenvalue weighted by Gasteiger charge is 2.19. The van der Waals surface area contributed by atoms with E-state index in [4.69, 9.17) is 23.2 Å². The second-order valence-corrected chi connectivity index (χ2v) is 7.99. The molecule has 0 saturated carbocycles. The maximum Gasteiger partial charge on any atom is 0.0931 e. The Morgan fingerprint density at radius 2 is 1.94 bits per heavy atom. The third kappa shape index (κ3) is 5.07. The van der Waals surface area contributed by atoms with Gasteiger partial charge in [-0.25, -0.2) is 0 Å². The summed E-state index contributed by atoms with van der Waals surface area (Å²) in [6.45, 7) is 9.09. The van der Waals surface area contributed by atoms with E-state index >= 15 is 0 Å². The monoisotopic (exact) mass is 278 g/mol. The topological polar surface area (TPSA) is 0 Å². The first-order valence-corrected chi connectivity index (χ1v) is 7.30. The maximum absolute atomic E-state index is 6.40. The molecule has 0 N–H and O–H groups in total. The highest BCUT2D eigenvalue weighted by molar-refractivity contribution is 7.16. The van der Waals surface area contributed by atoms with Crippen LogP contribution in [-0.4, -0.2) is 0 Å². The summed E-state index contributed by atoms with van der Waals surface area (Å²) >= 11 is 13.9. The van der Waals surface area contributed by atoms with E-state index in [2.05, 4.69) is 27.7 Å². The molecule has 0 aliphatic heterocycles. The summed E-state index contributed by atoms with van der Waals surface area (Å²) in [6.07, 6.45) is 2.23. The van der Waals surface area contributed by atoms with Gasteiger partial charge in [-0.05, 0) is 36.3 Å². The predicted octanol–water partition coefficient (Wildman–Crippen LogP) is 6.14. The van der Waals surface area contributed by atoms with Crippen molar-refractivity contribution < 1.29 is 0 Å². The molecule has 92 valence electrons. The lowest BCUT2D eigenvalue weighted by Gasteiger charge is -2.24. The number of thiophene rings is 1. The molecule has 0 aliphatic rings. The molecule has 0 amide bonds. The fourth-order valence-corrected chi connectivity index (χ4v) is 3.66. The van der Waals surface area contributed by atoms with Crippen molar-refractivity contribution in [3.63, 3.8) is 0 Å². The third-order valence-corrected chi connectivity index (χ3v) is 4.36. The smallest absolute Gasteiger partial charge is 0.0931 e. The quantitative estimate of drug-likeness (QED) is 0.580. The summed E-state index contributed by atoms with van der Waals surface area (Å²) in [7, 11) is 0. The van der Waals surface area contributed by atoms with Crippen molar-refractivity contribution in [2.24, 2.45) is 11.3 Å². The second-order valence-electron chi connectivity index (χ2n) is 5.72. The normalized spacial score (nSPS) is 16.1. The van der Waals surface area contributed by atoms with Gasteiger partial charge in [-0.1, -0.05) is 39.3 Å². The van der Waals surface area contributed by atoms with Gasteiger partial charge in [-0.2, -0.15) is 0 Å². The van der Waals surface area contributed by atoms with E-state index in [-0.39, 0.29) is 5.38 Å². The highest BCUT2D eigenvalue weighted by atomic mass is 35.5. The summed E-state index contributed by atoms with van der Waals surface area (Å²) in [5.74, 6) is 0.642. The molecule has 0 fully saturated rings. The third-order valence-electron chi connectivity index (χ3n) is 2.47. The van der Waals surface area contributed by atoms with Gasteiger partial charge in [-0.15, -0.1) is 22.9 Å². The van der Waals surface area contributed by atoms with Crippen molar-refractivity contribution in [3.05, 3.63) is 21.3 Å². The lowest BCUT2D eigenvalue weighted by atomic mass is 9.83. The number of halogens is 2. The lowest BCUT2D eigenvalue weighted by molar-refractivity contribution is 0.295. The molecule has 0 spiro atoms. The van der Waals surface area contributed by atoms with Gasteiger partial charge in [0, 0.05) is 4.88 Å². The molecule has 0 nitrogen and oxygen atoms in total. The zero-order valence-corrected chi connectivity index (χ0v) is 12.7. The molecule has 1 aromatic heterocycles. The van der Waals surface area contributed by atoms with E-state index in [1.807, 2.05) is 12.1 Å². The molecule has 2 atom stereocenters. The van der Waals surface area contributed by atoms with Crippen LogP contribution in [0.5, 0.6) is 0 Å². The Morgan fingerprint density at radius 1 is 1.31 bits per heavy atom. The molecule has 3 heteroatoms. The van der Waals surface area contributed by atoms with Crippen LogP contribution >= 0.6 is 34.5 Å². The van der Waals surface area contributed by atoms with Crippen molar-refractivity contribution >= 4 is 34.5 Å². The van der Waals surface area contributed by atoms with E-state index in [1.165, 1.54) is 11.3 Å². The summed E-state index contributed by atoms with van der Waals surface area (Å²) < 4.78 is 0.823. The van der Waals surface area contributed by atoms with Gasteiger partial charge in [0.1, 0.15) is 0 Å². The second kappa shape index (κ2) is 5.75. The van der Waals surface area contributed by atoms with Crippen LogP contribution in [0.4, 0.5) is 0 Å². The maximum atomic E-state index is 6.40. The van der Waals surface area contributed by atoms with Crippen LogP contribution in [0.25, 0.3) is 0 Å². The van der Waals surface area contributed by atoms with Crippen molar-refractivity contribution in [1.82, 2.24) is 0 Å². The minimum absolute atomic E-state index is 0.106. The van der Waals surface area contributed by atoms with Crippen LogP contribution in [0.3, 0.4) is 0 Å². The highest BCUT2D eigenvalue weighted by Crippen LogP contribution is 2.37. The summed E-state index contributed by atoms with van der Waals surface area (Å²) in [4.78, 5) is 1.19. The van der Waals surface area contributed by atoms with Crippen molar-refractivity contribution in [2.45, 2.75) is 45.9 Å². The average molecular weight is 279 g/mol. The number of hydrogen-bond donors (Lipinski definition) is 0. The lowest BCUT2D eigenvalue weighted by Crippen LogP contribution is -2.12. The van der Waals surface area contributed by atoms with Crippen LogP contribution < -0.4 is 0 Å². The fourth-order valence-electron chi connectivity index (χ4n) is 2.09. The molecule has 1 heterocycles. The minimum atomic E-state index is 0.106. The zero-order chi connectivity index (χ0) is 12.3. The Kier molecular flexibility index (Phi) is 5.15. The Bertz CT molecular complexity index is 325. The van der Waals surface area contributed by atoms with E-state index < -0.39 is 0 Å². The molecule has 0 radical (unpaired) electrons. The van der Waals surface area contributed by atoms with Gasteiger partial charge in [0.2, 0.25) is 0 Å². The first-order chi connectivity index (χ1) is 7.28. The van der Waals surface area contributed by atoms with E-state index in [0.717, 1.165) is 10.8 Å². The Balaban J connectivity index is 2.48. The van der Waals surface area contributed by atoms with Crippen molar-refractivity contribution in [3.8, 4) is 0 Å². The largest absolute Gasteiger partial charge is 0.127 e. The Hall–Kier alpha value is 0.280. The number of hydrogen-bond acceptors (Lipinski definition) is 1. The average Bonchev–Trinajstić information content (AvgIpc) is 2.47. The number of rotatable bonds is 4. The standard InChI is InChI=1S/C13H20Cl2S/c1-9(8-13(2,3)4)7-10(14)11-5-6-12(15)16-11/h5-6,9-10H,7-8H2,1-4H3. The Labute approximate surface area is 113 Å². The molecule has 2 unspecified atom stereocenters. The van der Waals surface area contributed by atoms with E-state index in [9.17, 15) is 0 Å². The molecular formula is C13H20Cl2S. The first-order valence-electron chi connectivity index (χ1n) is 5.67. The van der Waals surface area contributed by atoms with Gasteiger partial charge in [0.15, 0.2) is 0 Å². The van der Waals surface area contributed by atoms with Gasteiger partial charge in [-0.3, -0.25) is 0 Å². The van der Waals surface area contributed by atoms with Gasteiger partial charge in [0.05, 0.1) is 9.71 Å². The van der Waals surface area contributed by atoms with Crippen LogP contribution in [0.15, 0.2) is 12.1 Å². The van der Waals surface area contributed by atoms with Gasteiger partial charge >= 0.3 is 0 Å². The van der Waals surface area contributed by atoms with Crippen molar-refractivity contribution in [2.75, 3.05) is 0 Å². The molecule has 0 bridgehead atoms. The molecule has 1 aromatic rings. The molecule has 16 heavy (non-hydrogen) atoms.